The van der Waals surface area contributed by atoms with Gasteiger partial charge in [0.05, 0.1) is 16.3 Å². The summed E-state index contributed by atoms with van der Waals surface area (Å²) in [6.07, 6.45) is 3.18. The molecular formula is C15H14ClN5O. The SMILES string of the molecule is N#CC(C#N)=NNc1ccc(C(=O)N2CCCCC2)c(Cl)c1. The van der Waals surface area contributed by atoms with Crippen molar-refractivity contribution in [3.63, 3.8) is 0 Å². The van der Waals surface area contributed by atoms with Gasteiger partial charge in [0, 0.05) is 13.1 Å². The Morgan fingerprint density at radius 2 is 1.91 bits per heavy atom. The number of likely N-dealkylation sites (tertiary alicyclic amines) is 1. The van der Waals surface area contributed by atoms with Crippen LogP contribution in [0.3, 0.4) is 0 Å². The second-order valence-corrected chi connectivity index (χ2v) is 5.25. The number of hydrogen-bond acceptors (Lipinski definition) is 5. The van der Waals surface area contributed by atoms with Crippen LogP contribution in [0.15, 0.2) is 23.3 Å². The summed E-state index contributed by atoms with van der Waals surface area (Å²) in [6, 6.07) is 8.09. The second-order valence-electron chi connectivity index (χ2n) is 4.84. The molecule has 0 radical (unpaired) electrons. The van der Waals surface area contributed by atoms with Crippen LogP contribution in [0.5, 0.6) is 0 Å². The largest absolute Gasteiger partial charge is 0.339 e. The lowest BCUT2D eigenvalue weighted by molar-refractivity contribution is 0.0724. The van der Waals surface area contributed by atoms with Crippen LogP contribution in [-0.4, -0.2) is 29.6 Å². The van der Waals surface area contributed by atoms with E-state index < -0.39 is 0 Å². The lowest BCUT2D eigenvalue weighted by Crippen LogP contribution is -2.35. The Labute approximate surface area is 133 Å². The quantitative estimate of drug-likeness (QED) is 0.685. The molecule has 0 bridgehead atoms. The number of nitrogens with zero attached hydrogens (tertiary/aromatic N) is 4. The fourth-order valence-electron chi connectivity index (χ4n) is 2.22. The van der Waals surface area contributed by atoms with Gasteiger partial charge in [-0.25, -0.2) is 0 Å². The molecule has 0 atom stereocenters. The van der Waals surface area contributed by atoms with E-state index in [0.29, 0.717) is 16.3 Å². The van der Waals surface area contributed by atoms with Crippen molar-refractivity contribution in [2.24, 2.45) is 5.10 Å². The molecule has 7 heteroatoms. The van der Waals surface area contributed by atoms with Gasteiger partial charge in [0.25, 0.3) is 5.91 Å². The molecule has 1 aromatic rings. The number of amides is 1. The molecule has 1 saturated heterocycles. The smallest absolute Gasteiger partial charge is 0.255 e. The van der Waals surface area contributed by atoms with Crippen LogP contribution in [0, 0.1) is 22.7 Å². The van der Waals surface area contributed by atoms with Crippen molar-refractivity contribution in [2.75, 3.05) is 18.5 Å². The minimum absolute atomic E-state index is 0.0745. The number of nitrogens with one attached hydrogen (secondary N) is 1. The van der Waals surface area contributed by atoms with E-state index >= 15 is 0 Å². The van der Waals surface area contributed by atoms with Crippen LogP contribution < -0.4 is 5.43 Å². The normalized spacial score (nSPS) is 13.7. The molecule has 1 N–H and O–H groups in total. The Morgan fingerprint density at radius 3 is 2.50 bits per heavy atom. The zero-order chi connectivity index (χ0) is 15.9. The molecule has 112 valence electrons. The average molecular weight is 316 g/mol. The summed E-state index contributed by atoms with van der Waals surface area (Å²) in [5.41, 5.74) is 3.23. The maximum Gasteiger partial charge on any atom is 0.255 e. The number of rotatable bonds is 3. The molecule has 1 aromatic carbocycles. The molecule has 1 aliphatic rings. The molecule has 1 amide bonds. The van der Waals surface area contributed by atoms with Crippen molar-refractivity contribution in [3.05, 3.63) is 28.8 Å². The van der Waals surface area contributed by atoms with E-state index in [1.807, 2.05) is 0 Å². The molecule has 0 spiro atoms. The van der Waals surface area contributed by atoms with Gasteiger partial charge in [0.1, 0.15) is 12.1 Å². The third kappa shape index (κ3) is 3.75. The van der Waals surface area contributed by atoms with Crippen molar-refractivity contribution in [2.45, 2.75) is 19.3 Å². The van der Waals surface area contributed by atoms with E-state index in [0.717, 1.165) is 32.4 Å². The number of anilines is 1. The highest BCUT2D eigenvalue weighted by Crippen LogP contribution is 2.23. The highest BCUT2D eigenvalue weighted by Gasteiger charge is 2.20. The lowest BCUT2D eigenvalue weighted by Gasteiger charge is -2.27. The lowest BCUT2D eigenvalue weighted by atomic mass is 10.1. The van der Waals surface area contributed by atoms with Gasteiger partial charge < -0.3 is 4.90 Å². The Kier molecular flexibility index (Phi) is 5.35. The van der Waals surface area contributed by atoms with Crippen molar-refractivity contribution >= 4 is 28.9 Å². The minimum Gasteiger partial charge on any atom is -0.339 e. The number of carbonyl (C=O) groups is 1. The van der Waals surface area contributed by atoms with Crippen molar-refractivity contribution < 1.29 is 4.79 Å². The van der Waals surface area contributed by atoms with Gasteiger partial charge in [-0.05, 0) is 37.5 Å². The van der Waals surface area contributed by atoms with Crippen molar-refractivity contribution in [1.29, 1.82) is 10.5 Å². The van der Waals surface area contributed by atoms with Crippen LogP contribution in [0.2, 0.25) is 5.02 Å². The highest BCUT2D eigenvalue weighted by atomic mass is 35.5. The topological polar surface area (TPSA) is 92.3 Å². The number of halogens is 1. The molecule has 6 nitrogen and oxygen atoms in total. The third-order valence-electron chi connectivity index (χ3n) is 3.35. The number of hydrazone groups is 1. The first-order valence-corrected chi connectivity index (χ1v) is 7.26. The fourth-order valence-corrected chi connectivity index (χ4v) is 2.48. The summed E-state index contributed by atoms with van der Waals surface area (Å²) in [5, 5.41) is 21.1. The summed E-state index contributed by atoms with van der Waals surface area (Å²) >= 11 is 6.16. The second kappa shape index (κ2) is 7.44. The molecule has 1 fully saturated rings. The van der Waals surface area contributed by atoms with Crippen LogP contribution >= 0.6 is 11.6 Å². The Balaban J connectivity index is 2.13. The number of piperidine rings is 1. The molecule has 1 aliphatic heterocycles. The molecule has 2 rings (SSSR count). The van der Waals surface area contributed by atoms with Crippen LogP contribution in [0.1, 0.15) is 29.6 Å². The first-order chi connectivity index (χ1) is 10.7. The molecule has 22 heavy (non-hydrogen) atoms. The van der Waals surface area contributed by atoms with Crippen LogP contribution in [0.25, 0.3) is 0 Å². The molecule has 0 aromatic heterocycles. The first kappa shape index (κ1) is 15.8. The predicted molar refractivity (Wildman–Crippen MR) is 83.5 cm³/mol. The van der Waals surface area contributed by atoms with E-state index in [2.05, 4.69) is 10.5 Å². The van der Waals surface area contributed by atoms with Gasteiger partial charge in [-0.1, -0.05) is 11.6 Å². The minimum atomic E-state index is -0.287. The molecule has 0 unspecified atom stereocenters. The molecule has 0 saturated carbocycles. The summed E-state index contributed by atoms with van der Waals surface area (Å²) < 4.78 is 0. The average Bonchev–Trinajstić information content (AvgIpc) is 2.56. The number of benzene rings is 1. The van der Waals surface area contributed by atoms with E-state index in [1.54, 1.807) is 35.2 Å². The van der Waals surface area contributed by atoms with Crippen LogP contribution in [0.4, 0.5) is 5.69 Å². The maximum atomic E-state index is 12.4. The van der Waals surface area contributed by atoms with Crippen molar-refractivity contribution in [3.8, 4) is 12.1 Å². The Bertz CT molecular complexity index is 664. The van der Waals surface area contributed by atoms with Gasteiger partial charge in [-0.3, -0.25) is 10.2 Å². The summed E-state index contributed by atoms with van der Waals surface area (Å²) in [5.74, 6) is -0.0745. The standard InChI is InChI=1S/C15H14ClN5O/c16-14-8-11(19-20-12(9-17)10-18)4-5-13(14)15(22)21-6-2-1-3-7-21/h4-5,8,19H,1-3,6-7H2. The fraction of sp³-hybridized carbons (Fsp3) is 0.333. The van der Waals surface area contributed by atoms with E-state index in [9.17, 15) is 4.79 Å². The van der Waals surface area contributed by atoms with Gasteiger partial charge in [0.15, 0.2) is 0 Å². The van der Waals surface area contributed by atoms with Gasteiger partial charge >= 0.3 is 0 Å². The predicted octanol–water partition coefficient (Wildman–Crippen LogP) is 2.78. The number of nitriles is 2. The summed E-state index contributed by atoms with van der Waals surface area (Å²) in [4.78, 5) is 14.2. The molecule has 0 aliphatic carbocycles. The highest BCUT2D eigenvalue weighted by molar-refractivity contribution is 6.34. The Morgan fingerprint density at radius 1 is 1.23 bits per heavy atom. The molecular weight excluding hydrogens is 302 g/mol. The first-order valence-electron chi connectivity index (χ1n) is 6.88. The monoisotopic (exact) mass is 315 g/mol. The van der Waals surface area contributed by atoms with Crippen LogP contribution in [-0.2, 0) is 0 Å². The maximum absolute atomic E-state index is 12.4. The molecule has 1 heterocycles. The third-order valence-corrected chi connectivity index (χ3v) is 3.66. The zero-order valence-electron chi connectivity index (χ0n) is 11.8. The number of carbonyl (C=O) groups excluding carboxylic acids is 1. The Hall–Kier alpha value is -2.57. The summed E-state index contributed by atoms with van der Waals surface area (Å²) in [7, 11) is 0. The van der Waals surface area contributed by atoms with E-state index in [4.69, 9.17) is 22.1 Å². The van der Waals surface area contributed by atoms with Gasteiger partial charge in [-0.15, -0.1) is 0 Å². The van der Waals surface area contributed by atoms with E-state index in [1.165, 1.54) is 0 Å². The zero-order valence-corrected chi connectivity index (χ0v) is 12.6. The van der Waals surface area contributed by atoms with E-state index in [-0.39, 0.29) is 11.6 Å². The van der Waals surface area contributed by atoms with Gasteiger partial charge in [0.2, 0.25) is 5.71 Å². The van der Waals surface area contributed by atoms with Gasteiger partial charge in [-0.2, -0.15) is 15.6 Å². The van der Waals surface area contributed by atoms with Crippen molar-refractivity contribution in [1.82, 2.24) is 4.90 Å². The number of hydrogen-bond donors (Lipinski definition) is 1. The summed E-state index contributed by atoms with van der Waals surface area (Å²) in [6.45, 7) is 1.51.